The van der Waals surface area contributed by atoms with Crippen LogP contribution in [0.25, 0.3) is 0 Å². The van der Waals surface area contributed by atoms with Gasteiger partial charge in [0.2, 0.25) is 10.0 Å². The Morgan fingerprint density at radius 3 is 2.38 bits per heavy atom. The smallest absolute Gasteiger partial charge is 0.212 e. The van der Waals surface area contributed by atoms with Gasteiger partial charge in [-0.2, -0.15) is 0 Å². The van der Waals surface area contributed by atoms with E-state index in [0.29, 0.717) is 5.33 Å². The summed E-state index contributed by atoms with van der Waals surface area (Å²) in [5.41, 5.74) is -0.332. The minimum absolute atomic E-state index is 0.127. The Kier molecular flexibility index (Phi) is 3.41. The first-order chi connectivity index (χ1) is 5.93. The molecule has 0 bridgehead atoms. The average molecular weight is 270 g/mol. The molecule has 1 aliphatic carbocycles. The van der Waals surface area contributed by atoms with Gasteiger partial charge in [0.05, 0.1) is 5.25 Å². The Labute approximate surface area is 88.5 Å². The lowest BCUT2D eigenvalue weighted by Gasteiger charge is -2.26. The molecule has 1 rings (SSSR count). The molecule has 0 aromatic carbocycles. The Hall–Kier alpha value is 0.390. The number of hydrogen-bond acceptors (Lipinski definition) is 2. The molecule has 78 valence electrons. The third-order valence-electron chi connectivity index (χ3n) is 2.43. The molecule has 3 nitrogen and oxygen atoms in total. The van der Waals surface area contributed by atoms with Gasteiger partial charge < -0.3 is 0 Å². The minimum atomic E-state index is -3.05. The summed E-state index contributed by atoms with van der Waals surface area (Å²) < 4.78 is 25.9. The Bertz CT molecular complexity index is 268. The van der Waals surface area contributed by atoms with E-state index in [4.69, 9.17) is 0 Å². The van der Waals surface area contributed by atoms with Crippen molar-refractivity contribution in [2.24, 2.45) is 0 Å². The molecule has 0 aliphatic heterocycles. The van der Waals surface area contributed by atoms with E-state index in [-0.39, 0.29) is 10.8 Å². The first-order valence-electron chi connectivity index (χ1n) is 4.52. The van der Waals surface area contributed by atoms with Crippen molar-refractivity contribution in [3.63, 3.8) is 0 Å². The monoisotopic (exact) mass is 269 g/mol. The van der Waals surface area contributed by atoms with Crippen LogP contribution in [0, 0.1) is 0 Å². The van der Waals surface area contributed by atoms with Crippen LogP contribution >= 0.6 is 15.9 Å². The third kappa shape index (κ3) is 2.92. The second kappa shape index (κ2) is 3.87. The van der Waals surface area contributed by atoms with E-state index in [1.807, 2.05) is 13.8 Å². The van der Waals surface area contributed by atoms with E-state index in [1.54, 1.807) is 0 Å². The van der Waals surface area contributed by atoms with Crippen LogP contribution in [0.15, 0.2) is 0 Å². The van der Waals surface area contributed by atoms with E-state index in [9.17, 15) is 8.42 Å². The number of sulfonamides is 1. The lowest BCUT2D eigenvalue weighted by molar-refractivity contribution is 0.449. The van der Waals surface area contributed by atoms with E-state index in [1.165, 1.54) is 0 Å². The summed E-state index contributed by atoms with van der Waals surface area (Å²) in [5.74, 6) is 0. The van der Waals surface area contributed by atoms with E-state index >= 15 is 0 Å². The topological polar surface area (TPSA) is 46.2 Å². The minimum Gasteiger partial charge on any atom is -0.212 e. The van der Waals surface area contributed by atoms with Crippen LogP contribution in [0.5, 0.6) is 0 Å². The highest BCUT2D eigenvalue weighted by Gasteiger charge is 2.39. The molecule has 1 fully saturated rings. The summed E-state index contributed by atoms with van der Waals surface area (Å²) in [7, 11) is -3.05. The quantitative estimate of drug-likeness (QED) is 0.772. The van der Waals surface area contributed by atoms with Crippen LogP contribution in [0.4, 0.5) is 0 Å². The third-order valence-corrected chi connectivity index (χ3v) is 5.79. The van der Waals surface area contributed by atoms with Crippen LogP contribution in [0.2, 0.25) is 0 Å². The fourth-order valence-corrected chi connectivity index (χ4v) is 3.55. The highest BCUT2D eigenvalue weighted by atomic mass is 79.9. The Morgan fingerprint density at radius 1 is 1.54 bits per heavy atom. The molecule has 0 saturated heterocycles. The van der Waals surface area contributed by atoms with Crippen molar-refractivity contribution in [2.75, 3.05) is 5.33 Å². The summed E-state index contributed by atoms with van der Waals surface area (Å²) in [4.78, 5) is 0. The molecule has 1 N–H and O–H groups in total. The predicted octanol–water partition coefficient (Wildman–Crippen LogP) is 1.63. The molecule has 0 aromatic rings. The Morgan fingerprint density at radius 2 is 2.08 bits per heavy atom. The van der Waals surface area contributed by atoms with Gasteiger partial charge in [0.25, 0.3) is 0 Å². The van der Waals surface area contributed by atoms with Gasteiger partial charge in [-0.25, -0.2) is 13.1 Å². The summed E-state index contributed by atoms with van der Waals surface area (Å²) in [6.45, 7) is 3.90. The zero-order valence-corrected chi connectivity index (χ0v) is 10.4. The molecule has 1 atom stereocenters. The van der Waals surface area contributed by atoms with E-state index in [2.05, 4.69) is 20.7 Å². The zero-order chi connectivity index (χ0) is 10.1. The number of nitrogens with one attached hydrogen (secondary N) is 1. The standard InChI is InChI=1S/C8H16BrNO2S/c1-3-8(2,6-9)10-13(11,12)7-4-5-7/h7,10H,3-6H2,1-2H3. The van der Waals surface area contributed by atoms with Gasteiger partial charge in [0.15, 0.2) is 0 Å². The summed E-state index contributed by atoms with van der Waals surface area (Å²) >= 11 is 3.33. The number of rotatable bonds is 5. The second-order valence-corrected chi connectivity index (χ2v) is 6.42. The van der Waals surface area contributed by atoms with Gasteiger partial charge in [0.1, 0.15) is 0 Å². The van der Waals surface area contributed by atoms with Gasteiger partial charge in [-0.15, -0.1) is 0 Å². The maximum absolute atomic E-state index is 11.6. The van der Waals surface area contributed by atoms with Crippen LogP contribution < -0.4 is 4.72 Å². The highest BCUT2D eigenvalue weighted by molar-refractivity contribution is 9.09. The molecule has 13 heavy (non-hydrogen) atoms. The van der Waals surface area contributed by atoms with Crippen molar-refractivity contribution in [3.8, 4) is 0 Å². The van der Waals surface area contributed by atoms with Crippen LogP contribution in [-0.4, -0.2) is 24.5 Å². The fraction of sp³-hybridized carbons (Fsp3) is 1.00. The van der Waals surface area contributed by atoms with Crippen LogP contribution in [0.1, 0.15) is 33.1 Å². The van der Waals surface area contributed by atoms with Gasteiger partial charge in [-0.1, -0.05) is 22.9 Å². The van der Waals surface area contributed by atoms with Crippen molar-refractivity contribution in [1.82, 2.24) is 4.72 Å². The first kappa shape index (κ1) is 11.5. The predicted molar refractivity (Wildman–Crippen MR) is 57.6 cm³/mol. The van der Waals surface area contributed by atoms with Crippen LogP contribution in [-0.2, 0) is 10.0 Å². The number of hydrogen-bond donors (Lipinski definition) is 1. The second-order valence-electron chi connectivity index (χ2n) is 3.89. The number of alkyl halides is 1. The van der Waals surface area contributed by atoms with Crippen molar-refractivity contribution < 1.29 is 8.42 Å². The van der Waals surface area contributed by atoms with Gasteiger partial charge in [0, 0.05) is 10.9 Å². The largest absolute Gasteiger partial charge is 0.215 e. The maximum atomic E-state index is 11.6. The molecule has 1 unspecified atom stereocenters. The molecular formula is C8H16BrNO2S. The Balaban J connectivity index is 2.65. The molecule has 0 aromatic heterocycles. The SMILES string of the molecule is CCC(C)(CBr)NS(=O)(=O)C1CC1. The summed E-state index contributed by atoms with van der Waals surface area (Å²) in [5, 5.41) is 0.528. The van der Waals surface area contributed by atoms with Gasteiger partial charge >= 0.3 is 0 Å². The van der Waals surface area contributed by atoms with Crippen molar-refractivity contribution >= 4 is 26.0 Å². The molecule has 1 aliphatic rings. The van der Waals surface area contributed by atoms with Crippen molar-refractivity contribution in [2.45, 2.75) is 43.9 Å². The molecule has 0 radical (unpaired) electrons. The highest BCUT2D eigenvalue weighted by Crippen LogP contribution is 2.29. The molecular weight excluding hydrogens is 254 g/mol. The molecule has 0 heterocycles. The summed E-state index contributed by atoms with van der Waals surface area (Å²) in [6.07, 6.45) is 2.43. The average Bonchev–Trinajstić information content (AvgIpc) is 2.85. The zero-order valence-electron chi connectivity index (χ0n) is 8.01. The maximum Gasteiger partial charge on any atom is 0.215 e. The van der Waals surface area contributed by atoms with Crippen molar-refractivity contribution in [1.29, 1.82) is 0 Å². The van der Waals surface area contributed by atoms with E-state index in [0.717, 1.165) is 19.3 Å². The molecule has 1 saturated carbocycles. The van der Waals surface area contributed by atoms with Gasteiger partial charge in [-0.05, 0) is 26.2 Å². The molecule has 0 amide bonds. The van der Waals surface area contributed by atoms with Crippen molar-refractivity contribution in [3.05, 3.63) is 0 Å². The summed E-state index contributed by atoms with van der Waals surface area (Å²) in [6, 6.07) is 0. The van der Waals surface area contributed by atoms with Crippen LogP contribution in [0.3, 0.4) is 0 Å². The van der Waals surface area contributed by atoms with E-state index < -0.39 is 10.0 Å². The lowest BCUT2D eigenvalue weighted by Crippen LogP contribution is -2.48. The normalized spacial score (nSPS) is 22.7. The lowest BCUT2D eigenvalue weighted by atomic mass is 10.0. The number of halogens is 1. The molecule has 0 spiro atoms. The first-order valence-corrected chi connectivity index (χ1v) is 7.19. The molecule has 5 heteroatoms. The van der Waals surface area contributed by atoms with Gasteiger partial charge in [-0.3, -0.25) is 0 Å². The fourth-order valence-electron chi connectivity index (χ4n) is 0.999.